The molecule has 4 bridgehead atoms. The van der Waals surface area contributed by atoms with Gasteiger partial charge in [0.2, 0.25) is 17.7 Å². The minimum absolute atomic E-state index is 0.0199. The summed E-state index contributed by atoms with van der Waals surface area (Å²) in [6.07, 6.45) is 9.66. The molecule has 0 radical (unpaired) electrons. The van der Waals surface area contributed by atoms with E-state index in [2.05, 4.69) is 22.9 Å². The number of benzene rings is 1. The van der Waals surface area contributed by atoms with Crippen molar-refractivity contribution in [3.05, 3.63) is 35.9 Å². The highest BCUT2D eigenvalue weighted by molar-refractivity contribution is 6.02. The Hall–Kier alpha value is -3.16. The first-order chi connectivity index (χ1) is 16.3. The Bertz CT molecular complexity index is 994. The molecule has 0 aromatic heterocycles. The summed E-state index contributed by atoms with van der Waals surface area (Å²) in [5.74, 6) is 1.79. The largest absolute Gasteiger partial charge is 0.329 e. The maximum absolute atomic E-state index is 12.7. The van der Waals surface area contributed by atoms with Crippen LogP contribution in [0.3, 0.4) is 0 Å². The number of carbonyl (C=O) groups excluding carboxylic acids is 4. The number of nitrogens with one attached hydrogen (secondary N) is 3. The van der Waals surface area contributed by atoms with Crippen molar-refractivity contribution < 1.29 is 19.2 Å². The summed E-state index contributed by atoms with van der Waals surface area (Å²) in [5, 5.41) is 8.12. The summed E-state index contributed by atoms with van der Waals surface area (Å²) in [7, 11) is 0. The molecule has 8 nitrogen and oxygen atoms in total. The second-order valence-corrected chi connectivity index (χ2v) is 10.6. The van der Waals surface area contributed by atoms with E-state index in [0.717, 1.165) is 22.7 Å². The monoisotopic (exact) mass is 464 g/mol. The molecule has 1 aromatic rings. The standard InChI is InChI=1S/C26H32N4O4/c1-16(26-12-17-9-18(13-26)11-19(10-17)14-26)8-23(32)29-21-4-2-20(3-5-21)28-22(31)6-7-30-24(33)15-27-25(30)34/h2-5,8,17-19H,6-7,9-15H2,1H3,(H,27,34)(H,28,31)(H,29,32)/b16-8-. The second kappa shape index (κ2) is 8.89. The van der Waals surface area contributed by atoms with Gasteiger partial charge >= 0.3 is 6.03 Å². The van der Waals surface area contributed by atoms with Crippen molar-refractivity contribution in [1.82, 2.24) is 10.2 Å². The molecule has 0 spiro atoms. The zero-order valence-electron chi connectivity index (χ0n) is 19.6. The molecule has 1 aliphatic heterocycles. The number of hydrogen-bond acceptors (Lipinski definition) is 4. The predicted octanol–water partition coefficient (Wildman–Crippen LogP) is 3.67. The minimum atomic E-state index is -0.467. The first kappa shape index (κ1) is 22.6. The third-order valence-electron chi connectivity index (χ3n) is 8.16. The van der Waals surface area contributed by atoms with Crippen molar-refractivity contribution in [2.24, 2.45) is 23.2 Å². The van der Waals surface area contributed by atoms with Gasteiger partial charge in [-0.15, -0.1) is 0 Å². The van der Waals surface area contributed by atoms with E-state index in [9.17, 15) is 19.2 Å². The van der Waals surface area contributed by atoms with E-state index < -0.39 is 6.03 Å². The number of urea groups is 1. The van der Waals surface area contributed by atoms with Crippen LogP contribution in [-0.4, -0.2) is 41.7 Å². The molecule has 4 saturated carbocycles. The topological polar surface area (TPSA) is 108 Å². The Morgan fingerprint density at radius 1 is 1.00 bits per heavy atom. The number of amides is 5. The lowest BCUT2D eigenvalue weighted by molar-refractivity contribution is -0.125. The number of allylic oxidation sites excluding steroid dienone is 1. The van der Waals surface area contributed by atoms with Gasteiger partial charge in [0.1, 0.15) is 0 Å². The summed E-state index contributed by atoms with van der Waals surface area (Å²) in [4.78, 5) is 49.0. The van der Waals surface area contributed by atoms with Crippen LogP contribution in [0.2, 0.25) is 0 Å². The van der Waals surface area contributed by atoms with E-state index in [1.165, 1.54) is 44.1 Å². The molecule has 4 aliphatic carbocycles. The summed E-state index contributed by atoms with van der Waals surface area (Å²) < 4.78 is 0. The fourth-order valence-electron chi connectivity index (χ4n) is 6.88. The molecule has 1 heterocycles. The summed E-state index contributed by atoms with van der Waals surface area (Å²) in [6, 6.07) is 6.47. The third kappa shape index (κ3) is 4.58. The lowest BCUT2D eigenvalue weighted by Gasteiger charge is -2.57. The lowest BCUT2D eigenvalue weighted by atomic mass is 9.48. The smallest absolute Gasteiger partial charge is 0.324 e. The fourth-order valence-corrected chi connectivity index (χ4v) is 6.88. The summed E-state index contributed by atoms with van der Waals surface area (Å²) >= 11 is 0. The first-order valence-electron chi connectivity index (χ1n) is 12.3. The van der Waals surface area contributed by atoms with E-state index in [4.69, 9.17) is 0 Å². The van der Waals surface area contributed by atoms with Crippen LogP contribution in [0.1, 0.15) is 51.9 Å². The third-order valence-corrected chi connectivity index (χ3v) is 8.16. The molecule has 5 amide bonds. The molecule has 0 atom stereocenters. The van der Waals surface area contributed by atoms with Gasteiger partial charge < -0.3 is 16.0 Å². The van der Waals surface area contributed by atoms with Gasteiger partial charge in [-0.3, -0.25) is 19.3 Å². The van der Waals surface area contributed by atoms with Crippen LogP contribution in [-0.2, 0) is 14.4 Å². The second-order valence-electron chi connectivity index (χ2n) is 10.6. The summed E-state index contributed by atoms with van der Waals surface area (Å²) in [5.41, 5.74) is 2.69. The normalized spacial score (nSPS) is 29.9. The van der Waals surface area contributed by atoms with E-state index in [1.807, 2.05) is 0 Å². The molecule has 8 heteroatoms. The van der Waals surface area contributed by atoms with E-state index in [1.54, 1.807) is 30.3 Å². The molecule has 5 aliphatic rings. The SMILES string of the molecule is C/C(=C/C(=O)Nc1ccc(NC(=O)CCN2C(=O)CNC2=O)cc1)C12CC3CC(CC(C3)C1)C2. The number of hydrogen-bond donors (Lipinski definition) is 3. The number of carbonyl (C=O) groups is 4. The van der Waals surface area contributed by atoms with Crippen molar-refractivity contribution in [2.75, 3.05) is 23.7 Å². The van der Waals surface area contributed by atoms with Crippen LogP contribution in [0.4, 0.5) is 16.2 Å². The highest BCUT2D eigenvalue weighted by Gasteiger charge is 2.51. The lowest BCUT2D eigenvalue weighted by Crippen LogP contribution is -2.46. The maximum atomic E-state index is 12.7. The number of rotatable bonds is 7. The van der Waals surface area contributed by atoms with E-state index in [-0.39, 0.29) is 42.6 Å². The molecular weight excluding hydrogens is 432 g/mol. The Morgan fingerprint density at radius 3 is 2.09 bits per heavy atom. The quantitative estimate of drug-likeness (QED) is 0.423. The van der Waals surface area contributed by atoms with Crippen molar-refractivity contribution in [1.29, 1.82) is 0 Å². The molecule has 34 heavy (non-hydrogen) atoms. The average molecular weight is 465 g/mol. The average Bonchev–Trinajstić information content (AvgIpc) is 3.10. The summed E-state index contributed by atoms with van der Waals surface area (Å²) in [6.45, 7) is 2.15. The van der Waals surface area contributed by atoms with Crippen LogP contribution in [0.5, 0.6) is 0 Å². The van der Waals surface area contributed by atoms with Crippen LogP contribution in [0, 0.1) is 23.2 Å². The van der Waals surface area contributed by atoms with Gasteiger partial charge in [-0.25, -0.2) is 4.79 Å². The van der Waals surface area contributed by atoms with Gasteiger partial charge in [0.25, 0.3) is 0 Å². The Morgan fingerprint density at radius 2 is 1.56 bits per heavy atom. The van der Waals surface area contributed by atoms with Crippen LogP contribution in [0.25, 0.3) is 0 Å². The van der Waals surface area contributed by atoms with Crippen LogP contribution in [0.15, 0.2) is 35.9 Å². The molecule has 3 N–H and O–H groups in total. The van der Waals surface area contributed by atoms with Gasteiger partial charge in [0.05, 0.1) is 6.54 Å². The van der Waals surface area contributed by atoms with Crippen molar-refractivity contribution in [3.63, 3.8) is 0 Å². The zero-order chi connectivity index (χ0) is 23.9. The first-order valence-corrected chi connectivity index (χ1v) is 12.3. The van der Waals surface area contributed by atoms with Crippen molar-refractivity contribution >= 4 is 35.1 Å². The molecular formula is C26H32N4O4. The van der Waals surface area contributed by atoms with Gasteiger partial charge in [-0.1, -0.05) is 5.57 Å². The van der Waals surface area contributed by atoms with Gasteiger partial charge in [-0.05, 0) is 92.9 Å². The molecule has 1 aromatic carbocycles. The predicted molar refractivity (Wildman–Crippen MR) is 128 cm³/mol. The Kier molecular flexibility index (Phi) is 5.91. The zero-order valence-corrected chi connectivity index (χ0v) is 19.6. The van der Waals surface area contributed by atoms with Gasteiger partial charge in [0, 0.05) is 30.4 Å². The van der Waals surface area contributed by atoms with Crippen LogP contribution >= 0.6 is 0 Å². The molecule has 1 saturated heterocycles. The Labute approximate surface area is 199 Å². The molecule has 180 valence electrons. The highest BCUT2D eigenvalue weighted by atomic mass is 16.2. The molecule has 0 unspecified atom stereocenters. The number of nitrogens with zero attached hydrogens (tertiary/aromatic N) is 1. The fraction of sp³-hybridized carbons (Fsp3) is 0.538. The number of anilines is 2. The maximum Gasteiger partial charge on any atom is 0.324 e. The van der Waals surface area contributed by atoms with Crippen LogP contribution < -0.4 is 16.0 Å². The van der Waals surface area contributed by atoms with E-state index >= 15 is 0 Å². The highest BCUT2D eigenvalue weighted by Crippen LogP contribution is 2.62. The van der Waals surface area contributed by atoms with Crippen molar-refractivity contribution in [2.45, 2.75) is 51.9 Å². The minimum Gasteiger partial charge on any atom is -0.329 e. The Balaban J connectivity index is 1.13. The van der Waals surface area contributed by atoms with Gasteiger partial charge in [0.15, 0.2) is 0 Å². The molecule has 6 rings (SSSR count). The van der Waals surface area contributed by atoms with E-state index in [0.29, 0.717) is 11.4 Å². The van der Waals surface area contributed by atoms with Gasteiger partial charge in [-0.2, -0.15) is 0 Å². The number of imide groups is 1. The van der Waals surface area contributed by atoms with Crippen molar-refractivity contribution in [3.8, 4) is 0 Å². The molecule has 5 fully saturated rings.